The van der Waals surface area contributed by atoms with Gasteiger partial charge < -0.3 is 16.2 Å². The molecule has 0 aliphatic rings. The first-order valence-electron chi connectivity index (χ1n) is 5.32. The zero-order chi connectivity index (χ0) is 12.1. The number of hydrogen-bond acceptors (Lipinski definition) is 3. The molecule has 0 bridgehead atoms. The van der Waals surface area contributed by atoms with Gasteiger partial charge in [-0.2, -0.15) is 0 Å². The number of carbonyl (C=O) groups is 1. The van der Waals surface area contributed by atoms with Crippen LogP contribution >= 0.6 is 0 Å². The van der Waals surface area contributed by atoms with Crippen molar-refractivity contribution in [2.75, 3.05) is 0 Å². The number of aromatic hydroxyl groups is 1. The van der Waals surface area contributed by atoms with Crippen molar-refractivity contribution in [2.45, 2.75) is 26.4 Å². The van der Waals surface area contributed by atoms with E-state index in [-0.39, 0.29) is 17.6 Å². The fraction of sp³-hybridized carbons (Fsp3) is 0.417. The molecule has 0 aliphatic heterocycles. The van der Waals surface area contributed by atoms with Gasteiger partial charge in [-0.3, -0.25) is 4.79 Å². The highest BCUT2D eigenvalue weighted by Gasteiger charge is 2.16. The number of phenolic OH excluding ortho intramolecular Hbond substituents is 1. The number of carbonyl (C=O) groups excluding carboxylic acids is 1. The molecule has 1 rings (SSSR count). The van der Waals surface area contributed by atoms with Gasteiger partial charge in [-0.25, -0.2) is 0 Å². The maximum Gasteiger partial charge on any atom is 0.237 e. The molecule has 0 radical (unpaired) electrons. The van der Waals surface area contributed by atoms with Gasteiger partial charge in [0.15, 0.2) is 0 Å². The quantitative estimate of drug-likeness (QED) is 0.711. The van der Waals surface area contributed by atoms with E-state index < -0.39 is 6.04 Å². The maximum absolute atomic E-state index is 11.5. The van der Waals surface area contributed by atoms with Crippen molar-refractivity contribution < 1.29 is 9.90 Å². The Hall–Kier alpha value is -1.55. The lowest BCUT2D eigenvalue weighted by atomic mass is 10.0. The fourth-order valence-corrected chi connectivity index (χ4v) is 1.28. The van der Waals surface area contributed by atoms with Gasteiger partial charge in [-0.05, 0) is 23.6 Å². The van der Waals surface area contributed by atoms with Gasteiger partial charge in [-0.1, -0.05) is 26.0 Å². The highest BCUT2D eigenvalue weighted by molar-refractivity contribution is 5.81. The summed E-state index contributed by atoms with van der Waals surface area (Å²) in [5.41, 5.74) is 6.54. The van der Waals surface area contributed by atoms with Gasteiger partial charge in [0.1, 0.15) is 5.75 Å². The monoisotopic (exact) mass is 222 g/mol. The molecule has 88 valence electrons. The Labute approximate surface area is 95.5 Å². The van der Waals surface area contributed by atoms with Crippen molar-refractivity contribution in [1.29, 1.82) is 0 Å². The largest absolute Gasteiger partial charge is 0.508 e. The van der Waals surface area contributed by atoms with Crippen LogP contribution in [0.4, 0.5) is 0 Å². The lowest BCUT2D eigenvalue weighted by molar-refractivity contribution is -0.123. The molecule has 0 spiro atoms. The first-order valence-corrected chi connectivity index (χ1v) is 5.32. The van der Waals surface area contributed by atoms with Crippen molar-refractivity contribution in [1.82, 2.24) is 5.32 Å². The second kappa shape index (κ2) is 5.51. The number of benzene rings is 1. The molecule has 16 heavy (non-hydrogen) atoms. The molecular weight excluding hydrogens is 204 g/mol. The zero-order valence-electron chi connectivity index (χ0n) is 9.60. The number of amides is 1. The molecule has 0 saturated carbocycles. The van der Waals surface area contributed by atoms with E-state index in [0.29, 0.717) is 6.54 Å². The van der Waals surface area contributed by atoms with Crippen LogP contribution in [0, 0.1) is 5.92 Å². The molecule has 1 aromatic carbocycles. The number of rotatable bonds is 4. The summed E-state index contributed by atoms with van der Waals surface area (Å²) >= 11 is 0. The molecule has 0 fully saturated rings. The summed E-state index contributed by atoms with van der Waals surface area (Å²) < 4.78 is 0. The second-order valence-electron chi connectivity index (χ2n) is 4.16. The predicted octanol–water partition coefficient (Wildman–Crippen LogP) is 0.992. The highest BCUT2D eigenvalue weighted by Crippen LogP contribution is 2.10. The fourth-order valence-electron chi connectivity index (χ4n) is 1.28. The molecule has 4 nitrogen and oxygen atoms in total. The van der Waals surface area contributed by atoms with Gasteiger partial charge >= 0.3 is 0 Å². The Kier molecular flexibility index (Phi) is 4.31. The van der Waals surface area contributed by atoms with Crippen LogP contribution in [0.2, 0.25) is 0 Å². The highest BCUT2D eigenvalue weighted by atomic mass is 16.3. The minimum Gasteiger partial charge on any atom is -0.508 e. The number of nitrogens with two attached hydrogens (primary N) is 1. The van der Waals surface area contributed by atoms with E-state index in [0.717, 1.165) is 5.56 Å². The SMILES string of the molecule is CC(C)[C@H](N)C(=O)NCc1cccc(O)c1. The van der Waals surface area contributed by atoms with Gasteiger partial charge in [0, 0.05) is 6.54 Å². The Balaban J connectivity index is 2.49. The van der Waals surface area contributed by atoms with Crippen molar-refractivity contribution >= 4 is 5.91 Å². The van der Waals surface area contributed by atoms with Crippen LogP contribution in [-0.2, 0) is 11.3 Å². The van der Waals surface area contributed by atoms with Gasteiger partial charge in [0.25, 0.3) is 0 Å². The van der Waals surface area contributed by atoms with Crippen LogP contribution in [0.15, 0.2) is 24.3 Å². The summed E-state index contributed by atoms with van der Waals surface area (Å²) in [6.07, 6.45) is 0. The molecule has 1 amide bonds. The Morgan fingerprint density at radius 2 is 2.19 bits per heavy atom. The Bertz CT molecular complexity index is 364. The molecule has 0 aromatic heterocycles. The first-order chi connectivity index (χ1) is 7.50. The Morgan fingerprint density at radius 3 is 2.75 bits per heavy atom. The molecule has 1 aromatic rings. The number of nitrogens with one attached hydrogen (secondary N) is 1. The van der Waals surface area contributed by atoms with Gasteiger partial charge in [0.2, 0.25) is 5.91 Å². The second-order valence-corrected chi connectivity index (χ2v) is 4.16. The lowest BCUT2D eigenvalue weighted by Gasteiger charge is -2.15. The molecule has 0 aliphatic carbocycles. The van der Waals surface area contributed by atoms with Gasteiger partial charge in [-0.15, -0.1) is 0 Å². The molecular formula is C12H18N2O2. The molecule has 0 unspecified atom stereocenters. The van der Waals surface area contributed by atoms with E-state index in [4.69, 9.17) is 5.73 Å². The van der Waals surface area contributed by atoms with Crippen molar-refractivity contribution in [2.24, 2.45) is 11.7 Å². The summed E-state index contributed by atoms with van der Waals surface area (Å²) in [5.74, 6) is 0.141. The van der Waals surface area contributed by atoms with Crippen molar-refractivity contribution in [3.05, 3.63) is 29.8 Å². The standard InChI is InChI=1S/C12H18N2O2/c1-8(2)11(13)12(16)14-7-9-4-3-5-10(15)6-9/h3-6,8,11,15H,7,13H2,1-2H3,(H,14,16)/t11-/m0/s1. The van der Waals surface area contributed by atoms with Crippen LogP contribution in [0.5, 0.6) is 5.75 Å². The molecule has 1 atom stereocenters. The molecule has 4 N–H and O–H groups in total. The minimum atomic E-state index is -0.489. The van der Waals surface area contributed by atoms with Crippen LogP contribution in [0.1, 0.15) is 19.4 Å². The van der Waals surface area contributed by atoms with Crippen molar-refractivity contribution in [3.8, 4) is 5.75 Å². The predicted molar refractivity (Wildman–Crippen MR) is 62.8 cm³/mol. The molecule has 0 saturated heterocycles. The van der Waals surface area contributed by atoms with Crippen LogP contribution in [-0.4, -0.2) is 17.1 Å². The molecule has 0 heterocycles. The number of phenols is 1. The average molecular weight is 222 g/mol. The van der Waals surface area contributed by atoms with Crippen LogP contribution in [0.3, 0.4) is 0 Å². The minimum absolute atomic E-state index is 0.115. The smallest absolute Gasteiger partial charge is 0.237 e. The maximum atomic E-state index is 11.5. The third-order valence-corrected chi connectivity index (χ3v) is 2.40. The summed E-state index contributed by atoms with van der Waals surface area (Å²) in [4.78, 5) is 11.5. The van der Waals surface area contributed by atoms with E-state index in [9.17, 15) is 9.90 Å². The summed E-state index contributed by atoms with van der Waals surface area (Å²) in [6, 6.07) is 6.28. The average Bonchev–Trinajstić information content (AvgIpc) is 2.24. The van der Waals surface area contributed by atoms with E-state index >= 15 is 0 Å². The molecule has 4 heteroatoms. The Morgan fingerprint density at radius 1 is 1.50 bits per heavy atom. The third-order valence-electron chi connectivity index (χ3n) is 2.40. The summed E-state index contributed by atoms with van der Waals surface area (Å²) in [6.45, 7) is 4.19. The zero-order valence-corrected chi connectivity index (χ0v) is 9.60. The van der Waals surface area contributed by atoms with Gasteiger partial charge in [0.05, 0.1) is 6.04 Å². The van der Waals surface area contributed by atoms with E-state index in [2.05, 4.69) is 5.32 Å². The third kappa shape index (κ3) is 3.55. The normalized spacial score (nSPS) is 12.5. The lowest BCUT2D eigenvalue weighted by Crippen LogP contribution is -2.43. The van der Waals surface area contributed by atoms with E-state index in [1.54, 1.807) is 18.2 Å². The number of hydrogen-bond donors (Lipinski definition) is 3. The first kappa shape index (κ1) is 12.5. The topological polar surface area (TPSA) is 75.4 Å². The van der Waals surface area contributed by atoms with Crippen molar-refractivity contribution in [3.63, 3.8) is 0 Å². The van der Waals surface area contributed by atoms with E-state index in [1.165, 1.54) is 0 Å². The summed E-state index contributed by atoms with van der Waals surface area (Å²) in [5, 5.41) is 12.0. The summed E-state index contributed by atoms with van der Waals surface area (Å²) in [7, 11) is 0. The van der Waals surface area contributed by atoms with Crippen LogP contribution in [0.25, 0.3) is 0 Å². The van der Waals surface area contributed by atoms with Crippen LogP contribution < -0.4 is 11.1 Å². The van der Waals surface area contributed by atoms with E-state index in [1.807, 2.05) is 19.9 Å².